The minimum absolute atomic E-state index is 0.311. The topological polar surface area (TPSA) is 38.7 Å². The molecule has 0 spiro atoms. The van der Waals surface area contributed by atoms with Crippen molar-refractivity contribution in [1.82, 2.24) is 0 Å². The van der Waals surface area contributed by atoms with Gasteiger partial charge < -0.3 is 14.6 Å². The molecule has 1 heterocycles. The lowest BCUT2D eigenvalue weighted by atomic mass is 10.3. The van der Waals surface area contributed by atoms with E-state index < -0.39 is 6.10 Å². The molecule has 1 aliphatic heterocycles. The van der Waals surface area contributed by atoms with Crippen LogP contribution in [0.1, 0.15) is 19.8 Å². The average Bonchev–Trinajstić information content (AvgIpc) is 2.03. The smallest absolute Gasteiger partial charge is 0.274 e. The number of aliphatic hydroxyl groups is 1. The van der Waals surface area contributed by atoms with E-state index in [1.807, 2.05) is 6.08 Å². The molecule has 3 heteroatoms. The molecular formula is C8H14O3. The Kier molecular flexibility index (Phi) is 3.23. The first-order chi connectivity index (χ1) is 5.29. The number of rotatable bonds is 3. The van der Waals surface area contributed by atoms with Gasteiger partial charge in [-0.2, -0.15) is 0 Å². The highest BCUT2D eigenvalue weighted by molar-refractivity contribution is 4.87. The monoisotopic (exact) mass is 158 g/mol. The lowest BCUT2D eigenvalue weighted by molar-refractivity contribution is -0.00853. The van der Waals surface area contributed by atoms with Crippen LogP contribution in [0.25, 0.3) is 0 Å². The highest BCUT2D eigenvalue weighted by Gasteiger charge is 2.05. The summed E-state index contributed by atoms with van der Waals surface area (Å²) in [5.74, 6) is 0.567. The lowest BCUT2D eigenvalue weighted by Crippen LogP contribution is -2.13. The quantitative estimate of drug-likeness (QED) is 0.666. The Morgan fingerprint density at radius 1 is 1.82 bits per heavy atom. The molecule has 0 fully saturated rings. The van der Waals surface area contributed by atoms with E-state index in [0.29, 0.717) is 12.6 Å². The molecule has 1 rings (SSSR count). The molecule has 0 aromatic rings. The predicted octanol–water partition coefficient (Wildman–Crippen LogP) is 1.04. The molecule has 0 saturated heterocycles. The fraction of sp³-hybridized carbons (Fsp3) is 0.750. The van der Waals surface area contributed by atoms with Gasteiger partial charge in [0.25, 0.3) is 5.95 Å². The van der Waals surface area contributed by atoms with Crippen LogP contribution in [-0.2, 0) is 9.47 Å². The van der Waals surface area contributed by atoms with E-state index in [1.165, 1.54) is 0 Å². The van der Waals surface area contributed by atoms with Gasteiger partial charge in [0.1, 0.15) is 6.61 Å². The van der Waals surface area contributed by atoms with E-state index in [2.05, 4.69) is 0 Å². The van der Waals surface area contributed by atoms with Crippen molar-refractivity contribution in [3.63, 3.8) is 0 Å². The fourth-order valence-electron chi connectivity index (χ4n) is 0.838. The molecular weight excluding hydrogens is 144 g/mol. The summed E-state index contributed by atoms with van der Waals surface area (Å²) in [7, 11) is 0. The van der Waals surface area contributed by atoms with Crippen molar-refractivity contribution in [1.29, 1.82) is 0 Å². The van der Waals surface area contributed by atoms with E-state index in [1.54, 1.807) is 6.92 Å². The molecule has 1 atom stereocenters. The van der Waals surface area contributed by atoms with Gasteiger partial charge in [0.15, 0.2) is 0 Å². The summed E-state index contributed by atoms with van der Waals surface area (Å²) in [6, 6.07) is 0. The van der Waals surface area contributed by atoms with Crippen LogP contribution >= 0.6 is 0 Å². The molecule has 1 aliphatic rings. The van der Waals surface area contributed by atoms with Crippen LogP contribution in [0.2, 0.25) is 0 Å². The SMILES string of the molecule is C[C@@H](O)COC1=CCCCO1. The highest BCUT2D eigenvalue weighted by atomic mass is 16.7. The zero-order chi connectivity index (χ0) is 8.10. The first kappa shape index (κ1) is 8.40. The minimum atomic E-state index is -0.429. The zero-order valence-corrected chi connectivity index (χ0v) is 6.75. The summed E-state index contributed by atoms with van der Waals surface area (Å²) in [5, 5.41) is 8.88. The van der Waals surface area contributed by atoms with Gasteiger partial charge in [0.2, 0.25) is 0 Å². The Labute approximate surface area is 66.6 Å². The highest BCUT2D eigenvalue weighted by Crippen LogP contribution is 2.10. The van der Waals surface area contributed by atoms with Crippen molar-refractivity contribution in [2.24, 2.45) is 0 Å². The van der Waals surface area contributed by atoms with E-state index in [-0.39, 0.29) is 0 Å². The first-order valence-corrected chi connectivity index (χ1v) is 3.93. The van der Waals surface area contributed by atoms with Crippen molar-refractivity contribution < 1.29 is 14.6 Å². The first-order valence-electron chi connectivity index (χ1n) is 3.93. The summed E-state index contributed by atoms with van der Waals surface area (Å²) < 4.78 is 10.3. The lowest BCUT2D eigenvalue weighted by Gasteiger charge is -2.15. The van der Waals surface area contributed by atoms with Crippen LogP contribution < -0.4 is 0 Å². The number of ether oxygens (including phenoxy) is 2. The van der Waals surface area contributed by atoms with Gasteiger partial charge in [-0.05, 0) is 25.8 Å². The minimum Gasteiger partial charge on any atom is -0.466 e. The number of allylic oxidation sites excluding steroid dienone is 1. The van der Waals surface area contributed by atoms with Crippen LogP contribution in [0.5, 0.6) is 0 Å². The molecule has 0 aliphatic carbocycles. The zero-order valence-electron chi connectivity index (χ0n) is 6.75. The molecule has 0 radical (unpaired) electrons. The van der Waals surface area contributed by atoms with E-state index >= 15 is 0 Å². The van der Waals surface area contributed by atoms with Gasteiger partial charge in [0, 0.05) is 0 Å². The van der Waals surface area contributed by atoms with E-state index in [4.69, 9.17) is 14.6 Å². The third-order valence-electron chi connectivity index (χ3n) is 1.37. The molecule has 11 heavy (non-hydrogen) atoms. The van der Waals surface area contributed by atoms with E-state index in [0.717, 1.165) is 19.4 Å². The summed E-state index contributed by atoms with van der Waals surface area (Å²) in [4.78, 5) is 0. The molecule has 0 amide bonds. The molecule has 0 bridgehead atoms. The Hall–Kier alpha value is -0.700. The van der Waals surface area contributed by atoms with Crippen LogP contribution in [0, 0.1) is 0 Å². The van der Waals surface area contributed by atoms with Gasteiger partial charge in [-0.15, -0.1) is 0 Å². The van der Waals surface area contributed by atoms with Crippen molar-refractivity contribution in [3.05, 3.63) is 12.0 Å². The summed E-state index contributed by atoms with van der Waals surface area (Å²) in [5.41, 5.74) is 0. The average molecular weight is 158 g/mol. The maximum absolute atomic E-state index is 8.88. The number of aliphatic hydroxyl groups excluding tert-OH is 1. The predicted molar refractivity (Wildman–Crippen MR) is 40.9 cm³/mol. The van der Waals surface area contributed by atoms with Crippen LogP contribution in [-0.4, -0.2) is 24.4 Å². The van der Waals surface area contributed by atoms with Crippen molar-refractivity contribution in [2.45, 2.75) is 25.9 Å². The van der Waals surface area contributed by atoms with Crippen molar-refractivity contribution in [2.75, 3.05) is 13.2 Å². The second-order valence-electron chi connectivity index (χ2n) is 2.67. The maximum Gasteiger partial charge on any atom is 0.274 e. The Morgan fingerprint density at radius 3 is 3.18 bits per heavy atom. The standard InChI is InChI=1S/C8H14O3/c1-7(9)6-11-8-4-2-3-5-10-8/h4,7,9H,2-3,5-6H2,1H3/t7-/m1/s1. The second kappa shape index (κ2) is 4.23. The number of hydrogen-bond donors (Lipinski definition) is 1. The van der Waals surface area contributed by atoms with Gasteiger partial charge in [-0.3, -0.25) is 0 Å². The fourth-order valence-corrected chi connectivity index (χ4v) is 0.838. The summed E-state index contributed by atoms with van der Waals surface area (Å²) in [6.07, 6.45) is 3.55. The Bertz CT molecular complexity index is 140. The summed E-state index contributed by atoms with van der Waals surface area (Å²) >= 11 is 0. The number of hydrogen-bond acceptors (Lipinski definition) is 3. The van der Waals surface area contributed by atoms with Crippen LogP contribution in [0.3, 0.4) is 0 Å². The van der Waals surface area contributed by atoms with Gasteiger partial charge >= 0.3 is 0 Å². The Morgan fingerprint density at radius 2 is 2.64 bits per heavy atom. The third-order valence-corrected chi connectivity index (χ3v) is 1.37. The van der Waals surface area contributed by atoms with Crippen molar-refractivity contribution in [3.8, 4) is 0 Å². The molecule has 0 aromatic heterocycles. The third kappa shape index (κ3) is 3.28. The normalized spacial score (nSPS) is 20.0. The molecule has 1 N–H and O–H groups in total. The van der Waals surface area contributed by atoms with Crippen LogP contribution in [0.15, 0.2) is 12.0 Å². The van der Waals surface area contributed by atoms with Crippen molar-refractivity contribution >= 4 is 0 Å². The maximum atomic E-state index is 8.88. The van der Waals surface area contributed by atoms with Gasteiger partial charge in [-0.25, -0.2) is 0 Å². The molecule has 0 unspecified atom stereocenters. The molecule has 0 saturated carbocycles. The molecule has 64 valence electrons. The van der Waals surface area contributed by atoms with Gasteiger partial charge in [0.05, 0.1) is 12.7 Å². The van der Waals surface area contributed by atoms with E-state index in [9.17, 15) is 0 Å². The second-order valence-corrected chi connectivity index (χ2v) is 2.67. The Balaban J connectivity index is 2.19. The largest absolute Gasteiger partial charge is 0.466 e. The summed E-state index contributed by atoms with van der Waals surface area (Å²) in [6.45, 7) is 2.72. The van der Waals surface area contributed by atoms with Gasteiger partial charge in [-0.1, -0.05) is 0 Å². The molecule has 3 nitrogen and oxygen atoms in total. The van der Waals surface area contributed by atoms with Crippen LogP contribution in [0.4, 0.5) is 0 Å². The molecule has 0 aromatic carbocycles.